The van der Waals surface area contributed by atoms with Gasteiger partial charge in [-0.15, -0.1) is 0 Å². The van der Waals surface area contributed by atoms with Gasteiger partial charge in [0.1, 0.15) is 0 Å². The summed E-state index contributed by atoms with van der Waals surface area (Å²) in [6.45, 7) is 1.98. The molecule has 0 unspecified atom stereocenters. The topological polar surface area (TPSA) is 49.3 Å². The molecule has 0 aliphatic heterocycles. The summed E-state index contributed by atoms with van der Waals surface area (Å²) in [7, 11) is 0. The average Bonchev–Trinajstić information content (AvgIpc) is 2.23. The Hall–Kier alpha value is -1.84. The molecular weight excluding hydrogens is 209 g/mol. The highest BCUT2D eigenvalue weighted by atomic mass is 19.1. The first-order valence-corrected chi connectivity index (χ1v) is 4.99. The lowest BCUT2D eigenvalue weighted by molar-refractivity contribution is -0.118. The van der Waals surface area contributed by atoms with Crippen LogP contribution in [-0.4, -0.2) is 17.6 Å². The summed E-state index contributed by atoms with van der Waals surface area (Å²) in [5.74, 6) is -1.07. The maximum Gasteiger partial charge on any atom is 0.216 e. The molecule has 0 fully saturated rings. The molecule has 0 aliphatic rings. The van der Waals surface area contributed by atoms with Crippen LogP contribution in [0.4, 0.5) is 4.39 Å². The zero-order valence-corrected chi connectivity index (χ0v) is 9.03. The second kappa shape index (κ2) is 5.90. The minimum atomic E-state index is -0.635. The van der Waals surface area contributed by atoms with Crippen LogP contribution in [0.2, 0.25) is 0 Å². The fourth-order valence-corrected chi connectivity index (χ4v) is 1.21. The molecule has 0 saturated carbocycles. The molecule has 1 rings (SSSR count). The van der Waals surface area contributed by atoms with Crippen molar-refractivity contribution in [1.82, 2.24) is 5.32 Å². The van der Waals surface area contributed by atoms with Crippen molar-refractivity contribution < 1.29 is 14.3 Å². The van der Waals surface area contributed by atoms with Crippen molar-refractivity contribution in [2.24, 2.45) is 0 Å². The van der Waals surface area contributed by atoms with E-state index in [2.05, 4.69) is 5.32 Å². The molecule has 0 aromatic heterocycles. The van der Waals surface area contributed by atoms with Crippen molar-refractivity contribution in [3.05, 3.63) is 35.7 Å². The Morgan fingerprint density at radius 3 is 3.00 bits per heavy atom. The molecule has 16 heavy (non-hydrogen) atoms. The number of phenolic OH excluding ortho intramolecular Hbond substituents is 1. The fraction of sp³-hybridized carbons (Fsp3) is 0.250. The van der Waals surface area contributed by atoms with Gasteiger partial charge in [-0.2, -0.15) is 0 Å². The highest BCUT2D eigenvalue weighted by molar-refractivity contribution is 5.72. The van der Waals surface area contributed by atoms with Gasteiger partial charge in [-0.3, -0.25) is 4.79 Å². The summed E-state index contributed by atoms with van der Waals surface area (Å²) >= 11 is 0. The minimum Gasteiger partial charge on any atom is -0.504 e. The van der Waals surface area contributed by atoms with Crippen LogP contribution in [0.25, 0.3) is 6.08 Å². The van der Waals surface area contributed by atoms with Gasteiger partial charge in [-0.05, 0) is 12.5 Å². The number of rotatable bonds is 4. The Kier molecular flexibility index (Phi) is 4.51. The summed E-state index contributed by atoms with van der Waals surface area (Å²) in [5.41, 5.74) is 0.433. The van der Waals surface area contributed by atoms with Gasteiger partial charge in [0, 0.05) is 19.0 Å². The molecule has 2 N–H and O–H groups in total. The zero-order chi connectivity index (χ0) is 12.0. The zero-order valence-electron chi connectivity index (χ0n) is 9.03. The van der Waals surface area contributed by atoms with E-state index in [0.29, 0.717) is 18.5 Å². The van der Waals surface area contributed by atoms with Crippen LogP contribution in [0.15, 0.2) is 24.3 Å². The van der Waals surface area contributed by atoms with Crippen LogP contribution in [0.3, 0.4) is 0 Å². The number of carbonyl (C=O) groups is 1. The van der Waals surface area contributed by atoms with Crippen molar-refractivity contribution in [3.63, 3.8) is 0 Å². The van der Waals surface area contributed by atoms with Gasteiger partial charge in [0.25, 0.3) is 0 Å². The number of amides is 1. The summed E-state index contributed by atoms with van der Waals surface area (Å²) in [4.78, 5) is 10.6. The van der Waals surface area contributed by atoms with Crippen molar-refractivity contribution in [2.45, 2.75) is 13.3 Å². The maximum absolute atomic E-state index is 12.9. The molecule has 0 atom stereocenters. The lowest BCUT2D eigenvalue weighted by Gasteiger charge is -2.00. The Labute approximate surface area is 93.6 Å². The standard InChI is InChI=1S/C12H14FNO2/c1-9(15)14-8-3-2-5-10-6-4-7-11(13)12(10)16/h2,4-7,16H,3,8H2,1H3,(H,14,15). The van der Waals surface area contributed by atoms with Crippen molar-refractivity contribution >= 4 is 12.0 Å². The number of phenols is 1. The molecule has 86 valence electrons. The first-order valence-electron chi connectivity index (χ1n) is 4.99. The third kappa shape index (κ3) is 3.73. The van der Waals surface area contributed by atoms with E-state index >= 15 is 0 Å². The van der Waals surface area contributed by atoms with Gasteiger partial charge < -0.3 is 10.4 Å². The molecule has 1 aromatic rings. The summed E-state index contributed by atoms with van der Waals surface area (Å²) in [6.07, 6.45) is 4.03. The first kappa shape index (κ1) is 12.2. The van der Waals surface area contributed by atoms with Crippen molar-refractivity contribution in [2.75, 3.05) is 6.54 Å². The van der Waals surface area contributed by atoms with E-state index in [9.17, 15) is 14.3 Å². The summed E-state index contributed by atoms with van der Waals surface area (Å²) in [6, 6.07) is 4.35. The monoisotopic (exact) mass is 223 g/mol. The molecule has 0 heterocycles. The molecule has 0 spiro atoms. The number of nitrogens with one attached hydrogen (secondary N) is 1. The van der Waals surface area contributed by atoms with Gasteiger partial charge >= 0.3 is 0 Å². The number of hydrogen-bond acceptors (Lipinski definition) is 2. The van der Waals surface area contributed by atoms with Crippen LogP contribution < -0.4 is 5.32 Å². The van der Waals surface area contributed by atoms with Crippen LogP contribution in [-0.2, 0) is 4.79 Å². The SMILES string of the molecule is CC(=O)NCCC=Cc1cccc(F)c1O. The van der Waals surface area contributed by atoms with E-state index in [1.54, 1.807) is 18.2 Å². The normalized spacial score (nSPS) is 10.6. The average molecular weight is 223 g/mol. The van der Waals surface area contributed by atoms with Crippen molar-refractivity contribution in [3.8, 4) is 5.75 Å². The number of carbonyl (C=O) groups excluding carboxylic acids is 1. The number of aromatic hydroxyl groups is 1. The second-order valence-corrected chi connectivity index (χ2v) is 3.35. The van der Waals surface area contributed by atoms with Gasteiger partial charge in [0.05, 0.1) is 0 Å². The lowest BCUT2D eigenvalue weighted by Crippen LogP contribution is -2.20. The van der Waals surface area contributed by atoms with Crippen LogP contribution in [0.1, 0.15) is 18.9 Å². The maximum atomic E-state index is 12.9. The Morgan fingerprint density at radius 1 is 1.56 bits per heavy atom. The number of benzene rings is 1. The highest BCUT2D eigenvalue weighted by Crippen LogP contribution is 2.21. The highest BCUT2D eigenvalue weighted by Gasteiger charge is 2.02. The Balaban J connectivity index is 2.50. The van der Waals surface area contributed by atoms with Gasteiger partial charge in [-0.1, -0.05) is 24.3 Å². The predicted octanol–water partition coefficient (Wildman–Crippen LogP) is 2.07. The van der Waals surface area contributed by atoms with E-state index < -0.39 is 5.82 Å². The van der Waals surface area contributed by atoms with Gasteiger partial charge in [0.2, 0.25) is 5.91 Å². The van der Waals surface area contributed by atoms with E-state index in [1.165, 1.54) is 19.1 Å². The number of para-hydroxylation sites is 1. The molecule has 1 aromatic carbocycles. The minimum absolute atomic E-state index is 0.0815. The Morgan fingerprint density at radius 2 is 2.31 bits per heavy atom. The van der Waals surface area contributed by atoms with Crippen LogP contribution in [0, 0.1) is 5.82 Å². The molecule has 4 heteroatoms. The van der Waals surface area contributed by atoms with Crippen LogP contribution in [0.5, 0.6) is 5.75 Å². The molecule has 0 saturated heterocycles. The smallest absolute Gasteiger partial charge is 0.216 e. The fourth-order valence-electron chi connectivity index (χ4n) is 1.21. The molecule has 0 aliphatic carbocycles. The number of hydrogen-bond donors (Lipinski definition) is 2. The number of halogens is 1. The molecule has 0 bridgehead atoms. The predicted molar refractivity (Wildman–Crippen MR) is 60.4 cm³/mol. The molecule has 0 radical (unpaired) electrons. The Bertz CT molecular complexity index is 402. The van der Waals surface area contributed by atoms with E-state index in [0.717, 1.165) is 0 Å². The van der Waals surface area contributed by atoms with Crippen LogP contribution >= 0.6 is 0 Å². The summed E-state index contributed by atoms with van der Waals surface area (Å²) in [5, 5.41) is 12.0. The van der Waals surface area contributed by atoms with E-state index in [1.807, 2.05) is 0 Å². The molecular formula is C12H14FNO2. The van der Waals surface area contributed by atoms with E-state index in [-0.39, 0.29) is 11.7 Å². The summed E-state index contributed by atoms with van der Waals surface area (Å²) < 4.78 is 12.9. The van der Waals surface area contributed by atoms with Crippen molar-refractivity contribution in [1.29, 1.82) is 0 Å². The first-order chi connectivity index (χ1) is 7.61. The third-order valence-electron chi connectivity index (χ3n) is 2.00. The van der Waals surface area contributed by atoms with Gasteiger partial charge in [0.15, 0.2) is 11.6 Å². The molecule has 1 amide bonds. The second-order valence-electron chi connectivity index (χ2n) is 3.35. The van der Waals surface area contributed by atoms with E-state index in [4.69, 9.17) is 0 Å². The lowest BCUT2D eigenvalue weighted by atomic mass is 10.1. The largest absolute Gasteiger partial charge is 0.504 e. The van der Waals surface area contributed by atoms with Gasteiger partial charge in [-0.25, -0.2) is 4.39 Å². The molecule has 3 nitrogen and oxygen atoms in total. The quantitative estimate of drug-likeness (QED) is 0.768. The third-order valence-corrected chi connectivity index (χ3v) is 2.00.